The maximum Gasteiger partial charge on any atom is 0.245 e. The molecule has 7 heteroatoms. The molecule has 0 saturated carbocycles. The Morgan fingerprint density at radius 3 is 2.41 bits per heavy atom. The van der Waals surface area contributed by atoms with E-state index in [1.54, 1.807) is 4.90 Å². The van der Waals surface area contributed by atoms with Gasteiger partial charge in [0.25, 0.3) is 0 Å². The lowest BCUT2D eigenvalue weighted by Crippen LogP contribution is -3.06. The van der Waals surface area contributed by atoms with Crippen LogP contribution in [0.3, 0.4) is 0 Å². The largest absolute Gasteiger partial charge is 0.338 e. The molecule has 2 amide bonds. The molecule has 1 aromatic heterocycles. The van der Waals surface area contributed by atoms with Gasteiger partial charge in [0.15, 0.2) is 5.13 Å². The predicted molar refractivity (Wildman–Crippen MR) is 89.3 cm³/mol. The van der Waals surface area contributed by atoms with Crippen LogP contribution < -0.4 is 10.2 Å². The molecule has 6 nitrogen and oxygen atoms in total. The standard InChI is InChI=1S/C15H26N4O2S/c1-10(2)14(21)19(8-7-18(5)6)9-13(20)17-15-16-11(3)12(4)22-15/h10H,7-9H2,1-6H3,(H,16,17,20)/p+1. The average Bonchev–Trinajstić information content (AvgIpc) is 2.71. The summed E-state index contributed by atoms with van der Waals surface area (Å²) in [7, 11) is 4.05. The molecule has 0 aliphatic heterocycles. The average molecular weight is 327 g/mol. The van der Waals surface area contributed by atoms with Crippen molar-refractivity contribution in [2.24, 2.45) is 5.92 Å². The number of carbonyl (C=O) groups excluding carboxylic acids is 2. The van der Waals surface area contributed by atoms with Gasteiger partial charge in [0.2, 0.25) is 11.8 Å². The second-order valence-corrected chi connectivity index (χ2v) is 7.28. The van der Waals surface area contributed by atoms with Crippen molar-refractivity contribution >= 4 is 28.3 Å². The van der Waals surface area contributed by atoms with Crippen LogP contribution in [0.5, 0.6) is 0 Å². The predicted octanol–water partition coefficient (Wildman–Crippen LogP) is 0.328. The Bertz CT molecular complexity index is 506. The van der Waals surface area contributed by atoms with Gasteiger partial charge in [0.05, 0.1) is 32.9 Å². The van der Waals surface area contributed by atoms with E-state index in [0.29, 0.717) is 11.7 Å². The summed E-state index contributed by atoms with van der Waals surface area (Å²) in [6.45, 7) is 9.03. The maximum absolute atomic E-state index is 12.2. The zero-order valence-corrected chi connectivity index (χ0v) is 15.1. The quantitative estimate of drug-likeness (QED) is 0.758. The number of hydrogen-bond acceptors (Lipinski definition) is 4. The number of carbonyl (C=O) groups is 2. The van der Waals surface area contributed by atoms with E-state index < -0.39 is 0 Å². The van der Waals surface area contributed by atoms with E-state index >= 15 is 0 Å². The van der Waals surface area contributed by atoms with Gasteiger partial charge in [-0.1, -0.05) is 13.8 Å². The fourth-order valence-corrected chi connectivity index (χ4v) is 2.68. The van der Waals surface area contributed by atoms with E-state index in [0.717, 1.165) is 17.1 Å². The number of aryl methyl sites for hydroxylation is 2. The highest BCUT2D eigenvalue weighted by Gasteiger charge is 2.21. The van der Waals surface area contributed by atoms with Crippen LogP contribution in [-0.4, -0.2) is 55.4 Å². The van der Waals surface area contributed by atoms with E-state index in [2.05, 4.69) is 10.3 Å². The van der Waals surface area contributed by atoms with Gasteiger partial charge in [-0.3, -0.25) is 9.59 Å². The molecular weight excluding hydrogens is 300 g/mol. The van der Waals surface area contributed by atoms with Crippen LogP contribution in [0.1, 0.15) is 24.4 Å². The van der Waals surface area contributed by atoms with Crippen molar-refractivity contribution in [3.05, 3.63) is 10.6 Å². The molecule has 0 atom stereocenters. The summed E-state index contributed by atoms with van der Waals surface area (Å²) >= 11 is 1.45. The molecule has 0 aromatic carbocycles. The molecule has 0 aliphatic rings. The highest BCUT2D eigenvalue weighted by molar-refractivity contribution is 7.15. The van der Waals surface area contributed by atoms with Crippen molar-refractivity contribution < 1.29 is 14.5 Å². The molecule has 1 heterocycles. The van der Waals surface area contributed by atoms with E-state index in [4.69, 9.17) is 0 Å². The third kappa shape index (κ3) is 5.73. The molecule has 2 N–H and O–H groups in total. The monoisotopic (exact) mass is 327 g/mol. The van der Waals surface area contributed by atoms with Crippen LogP contribution in [0.15, 0.2) is 0 Å². The number of nitrogens with one attached hydrogen (secondary N) is 2. The summed E-state index contributed by atoms with van der Waals surface area (Å²) in [5.41, 5.74) is 0.923. The number of hydrogen-bond donors (Lipinski definition) is 2. The first-order valence-electron chi connectivity index (χ1n) is 7.52. The van der Waals surface area contributed by atoms with Crippen LogP contribution >= 0.6 is 11.3 Å². The van der Waals surface area contributed by atoms with Crippen molar-refractivity contribution in [2.45, 2.75) is 27.7 Å². The Balaban J connectivity index is 2.67. The van der Waals surface area contributed by atoms with Gasteiger partial charge >= 0.3 is 0 Å². The molecule has 0 spiro atoms. The molecule has 0 saturated heterocycles. The minimum atomic E-state index is -0.198. The van der Waals surface area contributed by atoms with Gasteiger partial charge in [-0.25, -0.2) is 4.98 Å². The Hall–Kier alpha value is -1.47. The van der Waals surface area contributed by atoms with Crippen LogP contribution in [0, 0.1) is 19.8 Å². The highest BCUT2D eigenvalue weighted by atomic mass is 32.1. The van der Waals surface area contributed by atoms with E-state index in [1.807, 2.05) is 41.8 Å². The number of aromatic nitrogens is 1. The summed E-state index contributed by atoms with van der Waals surface area (Å²) in [5, 5.41) is 3.38. The fourth-order valence-electron chi connectivity index (χ4n) is 1.85. The Morgan fingerprint density at radius 2 is 1.95 bits per heavy atom. The van der Waals surface area contributed by atoms with Crippen LogP contribution in [-0.2, 0) is 9.59 Å². The number of anilines is 1. The van der Waals surface area contributed by atoms with Gasteiger partial charge in [-0.15, -0.1) is 11.3 Å². The molecule has 22 heavy (non-hydrogen) atoms. The van der Waals surface area contributed by atoms with Crippen molar-refractivity contribution in [2.75, 3.05) is 39.0 Å². The summed E-state index contributed by atoms with van der Waals surface area (Å²) in [6.07, 6.45) is 0. The molecule has 0 fully saturated rings. The zero-order valence-electron chi connectivity index (χ0n) is 14.3. The number of thiazole rings is 1. The van der Waals surface area contributed by atoms with Crippen molar-refractivity contribution in [1.29, 1.82) is 0 Å². The maximum atomic E-state index is 12.2. The molecule has 0 aliphatic carbocycles. The highest BCUT2D eigenvalue weighted by Crippen LogP contribution is 2.20. The summed E-state index contributed by atoms with van der Waals surface area (Å²) in [4.78, 5) is 32.6. The zero-order chi connectivity index (χ0) is 16.9. The first kappa shape index (κ1) is 18.6. The molecule has 124 valence electrons. The Kier molecular flexibility index (Phi) is 6.96. The van der Waals surface area contributed by atoms with Crippen LogP contribution in [0.25, 0.3) is 0 Å². The number of quaternary nitrogens is 1. The third-order valence-electron chi connectivity index (χ3n) is 3.30. The molecule has 0 bridgehead atoms. The number of rotatable bonds is 7. The Morgan fingerprint density at radius 1 is 1.32 bits per heavy atom. The molecule has 0 unspecified atom stereocenters. The van der Waals surface area contributed by atoms with Gasteiger partial charge < -0.3 is 15.1 Å². The second-order valence-electron chi connectivity index (χ2n) is 6.08. The lowest BCUT2D eigenvalue weighted by Gasteiger charge is -2.24. The number of amides is 2. The van der Waals surface area contributed by atoms with E-state index in [9.17, 15) is 9.59 Å². The molecule has 1 rings (SSSR count). The minimum Gasteiger partial charge on any atom is -0.338 e. The molecule has 1 aromatic rings. The molecular formula is C15H27N4O2S+. The third-order valence-corrected chi connectivity index (χ3v) is 4.28. The van der Waals surface area contributed by atoms with Crippen LogP contribution in [0.2, 0.25) is 0 Å². The fraction of sp³-hybridized carbons (Fsp3) is 0.667. The lowest BCUT2D eigenvalue weighted by atomic mass is 10.2. The first-order chi connectivity index (χ1) is 10.2. The number of likely N-dealkylation sites (N-methyl/N-ethyl adjacent to an activating group) is 1. The normalized spacial score (nSPS) is 11.1. The topological polar surface area (TPSA) is 66.7 Å². The van der Waals surface area contributed by atoms with Gasteiger partial charge in [0.1, 0.15) is 6.54 Å². The SMILES string of the molecule is Cc1nc(NC(=O)CN(CC[NH+](C)C)C(=O)C(C)C)sc1C. The van der Waals surface area contributed by atoms with E-state index in [1.165, 1.54) is 16.2 Å². The van der Waals surface area contributed by atoms with Gasteiger partial charge in [-0.2, -0.15) is 0 Å². The van der Waals surface area contributed by atoms with Crippen molar-refractivity contribution in [3.63, 3.8) is 0 Å². The summed E-state index contributed by atoms with van der Waals surface area (Å²) in [6, 6.07) is 0. The van der Waals surface area contributed by atoms with Gasteiger partial charge in [-0.05, 0) is 13.8 Å². The van der Waals surface area contributed by atoms with Crippen molar-refractivity contribution in [1.82, 2.24) is 9.88 Å². The molecule has 0 radical (unpaired) electrons. The smallest absolute Gasteiger partial charge is 0.245 e. The minimum absolute atomic E-state index is 0.00269. The number of nitrogens with zero attached hydrogens (tertiary/aromatic N) is 2. The Labute approximate surface area is 136 Å². The van der Waals surface area contributed by atoms with Gasteiger partial charge in [0, 0.05) is 10.8 Å². The first-order valence-corrected chi connectivity index (χ1v) is 8.34. The van der Waals surface area contributed by atoms with Crippen LogP contribution in [0.4, 0.5) is 5.13 Å². The second kappa shape index (κ2) is 8.24. The summed E-state index contributed by atoms with van der Waals surface area (Å²) < 4.78 is 0. The summed E-state index contributed by atoms with van der Waals surface area (Å²) in [5.74, 6) is -0.311. The van der Waals surface area contributed by atoms with Crippen molar-refractivity contribution in [3.8, 4) is 0 Å². The van der Waals surface area contributed by atoms with E-state index in [-0.39, 0.29) is 24.3 Å². The lowest BCUT2D eigenvalue weighted by molar-refractivity contribution is -0.857.